The molecule has 100 valence electrons. The lowest BCUT2D eigenvalue weighted by Crippen LogP contribution is -2.55. The molecule has 2 fully saturated rings. The molecule has 4 nitrogen and oxygen atoms in total. The quantitative estimate of drug-likeness (QED) is 0.750. The Hall–Kier alpha value is -0.160. The zero-order valence-corrected chi connectivity index (χ0v) is 11.1. The van der Waals surface area contributed by atoms with E-state index in [9.17, 15) is 0 Å². The van der Waals surface area contributed by atoms with Gasteiger partial charge in [-0.2, -0.15) is 0 Å². The van der Waals surface area contributed by atoms with Crippen molar-refractivity contribution in [2.45, 2.75) is 20.0 Å². The van der Waals surface area contributed by atoms with E-state index < -0.39 is 0 Å². The van der Waals surface area contributed by atoms with Crippen LogP contribution in [0.2, 0.25) is 0 Å². The first kappa shape index (κ1) is 13.3. The largest absolute Gasteiger partial charge is 0.396 e. The average molecular weight is 242 g/mol. The van der Waals surface area contributed by atoms with Gasteiger partial charge in [0.05, 0.1) is 12.7 Å². The maximum Gasteiger partial charge on any atom is 0.0829 e. The highest BCUT2D eigenvalue weighted by molar-refractivity contribution is 4.83. The monoisotopic (exact) mass is 242 g/mol. The Kier molecular flexibility index (Phi) is 4.79. The van der Waals surface area contributed by atoms with Crippen molar-refractivity contribution in [1.82, 2.24) is 9.80 Å². The SMILES string of the molecule is CC(C)CN1CCOC(CN2CC(CO)C2)C1. The number of rotatable bonds is 5. The normalized spacial score (nSPS) is 28.6. The number of hydrogen-bond donors (Lipinski definition) is 1. The van der Waals surface area contributed by atoms with Crippen LogP contribution in [0.1, 0.15) is 13.8 Å². The van der Waals surface area contributed by atoms with Crippen molar-refractivity contribution in [3.05, 3.63) is 0 Å². The third kappa shape index (κ3) is 3.91. The van der Waals surface area contributed by atoms with Crippen LogP contribution in [0.15, 0.2) is 0 Å². The smallest absolute Gasteiger partial charge is 0.0829 e. The highest BCUT2D eigenvalue weighted by Crippen LogP contribution is 2.17. The summed E-state index contributed by atoms with van der Waals surface area (Å²) in [5, 5.41) is 8.98. The van der Waals surface area contributed by atoms with Gasteiger partial charge in [0.25, 0.3) is 0 Å². The number of aliphatic hydroxyl groups is 1. The van der Waals surface area contributed by atoms with Gasteiger partial charge in [0.15, 0.2) is 0 Å². The molecule has 2 aliphatic heterocycles. The Labute approximate surface area is 105 Å². The summed E-state index contributed by atoms with van der Waals surface area (Å²) in [6, 6.07) is 0. The van der Waals surface area contributed by atoms with Crippen LogP contribution in [-0.4, -0.2) is 73.5 Å². The van der Waals surface area contributed by atoms with Crippen LogP contribution in [0.25, 0.3) is 0 Å². The lowest BCUT2D eigenvalue weighted by Gasteiger charge is -2.42. The first-order chi connectivity index (χ1) is 8.17. The first-order valence-corrected chi connectivity index (χ1v) is 6.84. The third-order valence-electron chi connectivity index (χ3n) is 3.60. The molecular weight excluding hydrogens is 216 g/mol. The van der Waals surface area contributed by atoms with Gasteiger partial charge >= 0.3 is 0 Å². The van der Waals surface area contributed by atoms with Crippen molar-refractivity contribution in [2.24, 2.45) is 11.8 Å². The summed E-state index contributed by atoms with van der Waals surface area (Å²) in [5.41, 5.74) is 0. The maximum absolute atomic E-state index is 8.98. The van der Waals surface area contributed by atoms with E-state index >= 15 is 0 Å². The second-order valence-corrected chi connectivity index (χ2v) is 5.91. The van der Waals surface area contributed by atoms with E-state index in [1.54, 1.807) is 0 Å². The Balaban J connectivity index is 1.67. The predicted molar refractivity (Wildman–Crippen MR) is 68.0 cm³/mol. The van der Waals surface area contributed by atoms with Gasteiger partial charge in [-0.15, -0.1) is 0 Å². The van der Waals surface area contributed by atoms with Crippen molar-refractivity contribution >= 4 is 0 Å². The molecule has 0 aliphatic carbocycles. The summed E-state index contributed by atoms with van der Waals surface area (Å²) in [6.07, 6.45) is 0.363. The van der Waals surface area contributed by atoms with E-state index in [4.69, 9.17) is 9.84 Å². The van der Waals surface area contributed by atoms with Crippen LogP contribution >= 0.6 is 0 Å². The summed E-state index contributed by atoms with van der Waals surface area (Å²) < 4.78 is 5.82. The van der Waals surface area contributed by atoms with Crippen molar-refractivity contribution < 1.29 is 9.84 Å². The van der Waals surface area contributed by atoms with E-state index in [1.807, 2.05) is 0 Å². The molecule has 0 amide bonds. The van der Waals surface area contributed by atoms with Crippen LogP contribution in [0.4, 0.5) is 0 Å². The fraction of sp³-hybridized carbons (Fsp3) is 1.00. The van der Waals surface area contributed by atoms with Crippen LogP contribution in [0.3, 0.4) is 0 Å². The molecule has 0 saturated carbocycles. The van der Waals surface area contributed by atoms with Gasteiger partial charge in [0.1, 0.15) is 0 Å². The van der Waals surface area contributed by atoms with Crippen LogP contribution in [-0.2, 0) is 4.74 Å². The van der Waals surface area contributed by atoms with Gasteiger partial charge in [-0.05, 0) is 5.92 Å². The molecule has 17 heavy (non-hydrogen) atoms. The second-order valence-electron chi connectivity index (χ2n) is 5.91. The molecule has 1 atom stereocenters. The fourth-order valence-electron chi connectivity index (χ4n) is 2.80. The van der Waals surface area contributed by atoms with Crippen molar-refractivity contribution in [2.75, 3.05) is 52.5 Å². The standard InChI is InChI=1S/C13H26N2O2/c1-11(2)5-14-3-4-17-13(8-14)9-15-6-12(7-15)10-16/h11-13,16H,3-10H2,1-2H3. The third-order valence-corrected chi connectivity index (χ3v) is 3.60. The summed E-state index contributed by atoms with van der Waals surface area (Å²) in [5.74, 6) is 1.24. The molecule has 2 aliphatic rings. The van der Waals surface area contributed by atoms with Gasteiger partial charge in [0, 0.05) is 51.8 Å². The van der Waals surface area contributed by atoms with Gasteiger partial charge in [-0.25, -0.2) is 0 Å². The number of morpholine rings is 1. The summed E-state index contributed by atoms with van der Waals surface area (Å²) in [6.45, 7) is 12.2. The molecule has 2 heterocycles. The molecule has 1 N–H and O–H groups in total. The lowest BCUT2D eigenvalue weighted by atomic mass is 10.0. The summed E-state index contributed by atoms with van der Waals surface area (Å²) >= 11 is 0. The highest BCUT2D eigenvalue weighted by atomic mass is 16.5. The van der Waals surface area contributed by atoms with Crippen molar-refractivity contribution in [3.8, 4) is 0 Å². The number of nitrogens with zero attached hydrogens (tertiary/aromatic N) is 2. The van der Waals surface area contributed by atoms with Crippen LogP contribution in [0, 0.1) is 11.8 Å². The Bertz CT molecular complexity index is 229. The minimum absolute atomic E-state index is 0.335. The van der Waals surface area contributed by atoms with E-state index in [0.29, 0.717) is 18.6 Å². The fourth-order valence-corrected chi connectivity index (χ4v) is 2.80. The molecule has 2 saturated heterocycles. The Morgan fingerprint density at radius 1 is 1.24 bits per heavy atom. The van der Waals surface area contributed by atoms with Crippen LogP contribution in [0.5, 0.6) is 0 Å². The first-order valence-electron chi connectivity index (χ1n) is 6.84. The molecule has 4 heteroatoms. The molecular formula is C13H26N2O2. The van der Waals surface area contributed by atoms with E-state index in [2.05, 4.69) is 23.6 Å². The molecule has 2 rings (SSSR count). The van der Waals surface area contributed by atoms with Gasteiger partial charge < -0.3 is 9.84 Å². The molecule has 0 radical (unpaired) electrons. The maximum atomic E-state index is 8.98. The van der Waals surface area contributed by atoms with Crippen molar-refractivity contribution in [1.29, 1.82) is 0 Å². The zero-order valence-electron chi connectivity index (χ0n) is 11.1. The second kappa shape index (κ2) is 6.14. The number of likely N-dealkylation sites (tertiary alicyclic amines) is 1. The molecule has 1 unspecified atom stereocenters. The molecule has 0 bridgehead atoms. The van der Waals surface area contributed by atoms with Gasteiger partial charge in [-0.1, -0.05) is 13.8 Å². The minimum atomic E-state index is 0.335. The molecule has 0 aromatic heterocycles. The van der Waals surface area contributed by atoms with Crippen molar-refractivity contribution in [3.63, 3.8) is 0 Å². The van der Waals surface area contributed by atoms with Crippen LogP contribution < -0.4 is 0 Å². The Morgan fingerprint density at radius 2 is 2.00 bits per heavy atom. The topological polar surface area (TPSA) is 35.9 Å². The zero-order chi connectivity index (χ0) is 12.3. The van der Waals surface area contributed by atoms with Gasteiger partial charge in [-0.3, -0.25) is 9.80 Å². The highest BCUT2D eigenvalue weighted by Gasteiger charge is 2.30. The summed E-state index contributed by atoms with van der Waals surface area (Å²) in [4.78, 5) is 4.91. The average Bonchev–Trinajstić information content (AvgIpc) is 2.22. The Morgan fingerprint density at radius 3 is 2.65 bits per heavy atom. The minimum Gasteiger partial charge on any atom is -0.396 e. The number of hydrogen-bond acceptors (Lipinski definition) is 4. The number of aliphatic hydroxyl groups excluding tert-OH is 1. The molecule has 0 spiro atoms. The molecule has 0 aromatic carbocycles. The van der Waals surface area contributed by atoms with E-state index in [-0.39, 0.29) is 0 Å². The predicted octanol–water partition coefficient (Wildman–Crippen LogP) is 0.267. The molecule has 0 aromatic rings. The number of ether oxygens (including phenoxy) is 1. The van der Waals surface area contributed by atoms with Gasteiger partial charge in [0.2, 0.25) is 0 Å². The van der Waals surface area contributed by atoms with E-state index in [1.165, 1.54) is 6.54 Å². The lowest BCUT2D eigenvalue weighted by molar-refractivity contribution is -0.0650. The summed E-state index contributed by atoms with van der Waals surface area (Å²) in [7, 11) is 0. The van der Waals surface area contributed by atoms with E-state index in [0.717, 1.165) is 45.2 Å².